The molecular weight excluding hydrogens is 286 g/mol. The molecule has 0 unspecified atom stereocenters. The molecule has 0 saturated carbocycles. The van der Waals surface area contributed by atoms with Crippen molar-refractivity contribution in [3.63, 3.8) is 0 Å². The van der Waals surface area contributed by atoms with Crippen LogP contribution in [-0.4, -0.2) is 7.11 Å². The van der Waals surface area contributed by atoms with E-state index in [4.69, 9.17) is 9.15 Å². The van der Waals surface area contributed by atoms with E-state index in [2.05, 4.69) is 48.6 Å². The smallest absolute Gasteiger partial charge is 0.118 e. The Hall–Kier alpha value is -2.52. The minimum absolute atomic E-state index is 0.276. The number of hydrogen-bond acceptors (Lipinski definition) is 3. The predicted octanol–water partition coefficient (Wildman–Crippen LogP) is 4.81. The lowest BCUT2D eigenvalue weighted by Gasteiger charge is -2.15. The van der Waals surface area contributed by atoms with Gasteiger partial charge in [0.25, 0.3) is 0 Å². The largest absolute Gasteiger partial charge is 0.497 e. The molecule has 3 heteroatoms. The van der Waals surface area contributed by atoms with Gasteiger partial charge in [-0.05, 0) is 47.9 Å². The van der Waals surface area contributed by atoms with Gasteiger partial charge in [0, 0.05) is 18.2 Å². The third kappa shape index (κ3) is 3.82. The lowest BCUT2D eigenvalue weighted by Crippen LogP contribution is -2.18. The van der Waals surface area contributed by atoms with E-state index in [0.29, 0.717) is 0 Å². The van der Waals surface area contributed by atoms with E-state index in [9.17, 15) is 0 Å². The van der Waals surface area contributed by atoms with Crippen LogP contribution in [0.4, 0.5) is 0 Å². The third-order valence-corrected chi connectivity index (χ3v) is 4.01. The Labute approximate surface area is 136 Å². The summed E-state index contributed by atoms with van der Waals surface area (Å²) in [6.07, 6.45) is 3.47. The molecule has 1 heterocycles. The summed E-state index contributed by atoms with van der Waals surface area (Å²) in [5.41, 5.74) is 4.78. The fourth-order valence-corrected chi connectivity index (χ4v) is 2.57. The highest BCUT2D eigenvalue weighted by Gasteiger charge is 2.06. The Bertz CT molecular complexity index is 733. The average molecular weight is 307 g/mol. The molecular formula is C20H21NO2. The molecule has 0 aliphatic carbocycles. The molecule has 0 bridgehead atoms. The molecule has 0 aliphatic heterocycles. The maximum absolute atomic E-state index is 5.20. The zero-order chi connectivity index (χ0) is 16.1. The summed E-state index contributed by atoms with van der Waals surface area (Å²) in [5, 5.41) is 3.56. The first kappa shape index (κ1) is 15.4. The molecule has 0 spiro atoms. The summed E-state index contributed by atoms with van der Waals surface area (Å²) < 4.78 is 10.4. The molecule has 0 radical (unpaired) electrons. The standard InChI is InChI=1S/C20H21NO2/c1-15(17-6-8-20(22-2)9-7-17)21-13-16-4-3-5-18(12-16)19-10-11-23-14-19/h3-12,14-15,21H,13H2,1-2H3/t15-/m1/s1. The molecule has 0 saturated heterocycles. The molecule has 0 aliphatic rings. The fourth-order valence-electron chi connectivity index (χ4n) is 2.57. The Balaban J connectivity index is 1.64. The summed E-state index contributed by atoms with van der Waals surface area (Å²) in [4.78, 5) is 0. The van der Waals surface area contributed by atoms with Crippen LogP contribution in [0.15, 0.2) is 71.5 Å². The summed E-state index contributed by atoms with van der Waals surface area (Å²) in [7, 11) is 1.68. The fraction of sp³-hybridized carbons (Fsp3) is 0.200. The second-order valence-electron chi connectivity index (χ2n) is 5.59. The van der Waals surface area contributed by atoms with E-state index < -0.39 is 0 Å². The Morgan fingerprint density at radius 3 is 2.57 bits per heavy atom. The van der Waals surface area contributed by atoms with Crippen molar-refractivity contribution in [2.75, 3.05) is 7.11 Å². The molecule has 23 heavy (non-hydrogen) atoms. The number of methoxy groups -OCH3 is 1. The van der Waals surface area contributed by atoms with Crippen LogP contribution in [0.2, 0.25) is 0 Å². The van der Waals surface area contributed by atoms with Crippen LogP contribution in [0.5, 0.6) is 5.75 Å². The maximum Gasteiger partial charge on any atom is 0.118 e. The molecule has 2 aromatic carbocycles. The lowest BCUT2D eigenvalue weighted by molar-refractivity contribution is 0.414. The van der Waals surface area contributed by atoms with Gasteiger partial charge in [0.2, 0.25) is 0 Å². The van der Waals surface area contributed by atoms with Gasteiger partial charge >= 0.3 is 0 Å². The van der Waals surface area contributed by atoms with Crippen molar-refractivity contribution in [3.05, 3.63) is 78.3 Å². The number of nitrogens with one attached hydrogen (secondary N) is 1. The summed E-state index contributed by atoms with van der Waals surface area (Å²) in [5.74, 6) is 0.883. The van der Waals surface area contributed by atoms with Gasteiger partial charge in [0.05, 0.1) is 19.6 Å². The molecule has 0 fully saturated rings. The molecule has 3 aromatic rings. The van der Waals surface area contributed by atoms with E-state index in [1.807, 2.05) is 18.2 Å². The van der Waals surface area contributed by atoms with Gasteiger partial charge in [0.15, 0.2) is 0 Å². The first-order valence-electron chi connectivity index (χ1n) is 7.75. The van der Waals surface area contributed by atoms with Crippen LogP contribution in [0.25, 0.3) is 11.1 Å². The molecule has 1 atom stereocenters. The van der Waals surface area contributed by atoms with Crippen LogP contribution in [0, 0.1) is 0 Å². The van der Waals surface area contributed by atoms with E-state index in [-0.39, 0.29) is 6.04 Å². The molecule has 118 valence electrons. The van der Waals surface area contributed by atoms with Gasteiger partial charge in [0.1, 0.15) is 5.75 Å². The third-order valence-electron chi connectivity index (χ3n) is 4.01. The zero-order valence-electron chi connectivity index (χ0n) is 13.5. The Morgan fingerprint density at radius 2 is 1.87 bits per heavy atom. The topological polar surface area (TPSA) is 34.4 Å². The van der Waals surface area contributed by atoms with Crippen LogP contribution in [-0.2, 0) is 6.54 Å². The van der Waals surface area contributed by atoms with Crippen molar-refractivity contribution in [1.29, 1.82) is 0 Å². The van der Waals surface area contributed by atoms with Crippen LogP contribution >= 0.6 is 0 Å². The minimum Gasteiger partial charge on any atom is -0.497 e. The zero-order valence-corrected chi connectivity index (χ0v) is 13.5. The molecule has 1 N–H and O–H groups in total. The minimum atomic E-state index is 0.276. The van der Waals surface area contributed by atoms with E-state index in [0.717, 1.165) is 17.9 Å². The van der Waals surface area contributed by atoms with E-state index in [1.165, 1.54) is 16.7 Å². The number of benzene rings is 2. The molecule has 3 rings (SSSR count). The molecule has 1 aromatic heterocycles. The quantitative estimate of drug-likeness (QED) is 0.710. The first-order chi connectivity index (χ1) is 11.3. The SMILES string of the molecule is COc1ccc([C@@H](C)NCc2cccc(-c3ccoc3)c2)cc1. The highest BCUT2D eigenvalue weighted by molar-refractivity contribution is 5.62. The summed E-state index contributed by atoms with van der Waals surface area (Å²) >= 11 is 0. The second-order valence-corrected chi connectivity index (χ2v) is 5.59. The van der Waals surface area contributed by atoms with E-state index in [1.54, 1.807) is 19.6 Å². The monoisotopic (exact) mass is 307 g/mol. The van der Waals surface area contributed by atoms with Crippen molar-refractivity contribution >= 4 is 0 Å². The van der Waals surface area contributed by atoms with Gasteiger partial charge in [-0.2, -0.15) is 0 Å². The predicted molar refractivity (Wildman–Crippen MR) is 92.4 cm³/mol. The van der Waals surface area contributed by atoms with Crippen molar-refractivity contribution in [3.8, 4) is 16.9 Å². The van der Waals surface area contributed by atoms with Gasteiger partial charge in [-0.1, -0.05) is 30.3 Å². The van der Waals surface area contributed by atoms with E-state index >= 15 is 0 Å². The van der Waals surface area contributed by atoms with Crippen LogP contribution in [0.3, 0.4) is 0 Å². The first-order valence-corrected chi connectivity index (χ1v) is 7.75. The normalized spacial score (nSPS) is 12.1. The molecule has 0 amide bonds. The number of hydrogen-bond donors (Lipinski definition) is 1. The molecule has 3 nitrogen and oxygen atoms in total. The van der Waals surface area contributed by atoms with Crippen LogP contribution < -0.4 is 10.1 Å². The maximum atomic E-state index is 5.20. The lowest BCUT2D eigenvalue weighted by atomic mass is 10.0. The van der Waals surface area contributed by atoms with Crippen molar-refractivity contribution in [1.82, 2.24) is 5.32 Å². The summed E-state index contributed by atoms with van der Waals surface area (Å²) in [6.45, 7) is 2.99. The highest BCUT2D eigenvalue weighted by atomic mass is 16.5. The van der Waals surface area contributed by atoms with Gasteiger partial charge in [-0.25, -0.2) is 0 Å². The average Bonchev–Trinajstić information content (AvgIpc) is 3.15. The highest BCUT2D eigenvalue weighted by Crippen LogP contribution is 2.22. The van der Waals surface area contributed by atoms with Crippen molar-refractivity contribution in [2.45, 2.75) is 19.5 Å². The summed E-state index contributed by atoms with van der Waals surface area (Å²) in [6, 6.07) is 18.9. The van der Waals surface area contributed by atoms with Gasteiger partial charge < -0.3 is 14.5 Å². The Kier molecular flexibility index (Phi) is 4.79. The van der Waals surface area contributed by atoms with Crippen LogP contribution in [0.1, 0.15) is 24.1 Å². The number of ether oxygens (including phenoxy) is 1. The number of furan rings is 1. The van der Waals surface area contributed by atoms with Crippen molar-refractivity contribution in [2.24, 2.45) is 0 Å². The second kappa shape index (κ2) is 7.16. The number of rotatable bonds is 6. The Morgan fingerprint density at radius 1 is 1.04 bits per heavy atom. The van der Waals surface area contributed by atoms with Gasteiger partial charge in [-0.15, -0.1) is 0 Å². The van der Waals surface area contributed by atoms with Crippen molar-refractivity contribution < 1.29 is 9.15 Å². The van der Waals surface area contributed by atoms with Gasteiger partial charge in [-0.3, -0.25) is 0 Å².